The van der Waals surface area contributed by atoms with Gasteiger partial charge >= 0.3 is 0 Å². The van der Waals surface area contributed by atoms with E-state index in [9.17, 15) is 13.2 Å². The average molecular weight is 383 g/mol. The second-order valence-corrected chi connectivity index (χ2v) is 8.30. The summed E-state index contributed by atoms with van der Waals surface area (Å²) in [5.74, 6) is 0.337. The summed E-state index contributed by atoms with van der Waals surface area (Å²) < 4.78 is 39.2. The van der Waals surface area contributed by atoms with E-state index >= 15 is 0 Å². The fraction of sp³-hybridized carbons (Fsp3) is 0.588. The molecule has 1 amide bonds. The van der Waals surface area contributed by atoms with Gasteiger partial charge in [0.2, 0.25) is 5.91 Å². The van der Waals surface area contributed by atoms with Gasteiger partial charge in [-0.25, -0.2) is 0 Å². The molecule has 26 heavy (non-hydrogen) atoms. The maximum Gasteiger partial charge on any atom is 0.282 e. The summed E-state index contributed by atoms with van der Waals surface area (Å²) in [6.45, 7) is 1.21. The molecule has 2 saturated heterocycles. The Balaban J connectivity index is 1.75. The number of amides is 1. The third-order valence-electron chi connectivity index (χ3n) is 4.87. The Bertz CT molecular complexity index is 755. The second-order valence-electron chi connectivity index (χ2n) is 6.42. The fourth-order valence-electron chi connectivity index (χ4n) is 3.58. The molecule has 0 spiro atoms. The normalized spacial score (nSPS) is 22.8. The van der Waals surface area contributed by atoms with Crippen LogP contribution >= 0.6 is 0 Å². The van der Waals surface area contributed by atoms with Crippen molar-refractivity contribution in [3.05, 3.63) is 24.3 Å². The number of hydrogen-bond acceptors (Lipinski definition) is 5. The van der Waals surface area contributed by atoms with E-state index in [0.29, 0.717) is 31.1 Å². The van der Waals surface area contributed by atoms with Crippen molar-refractivity contribution in [1.29, 1.82) is 0 Å². The van der Waals surface area contributed by atoms with Gasteiger partial charge in [-0.1, -0.05) is 12.1 Å². The van der Waals surface area contributed by atoms with Crippen LogP contribution in [-0.4, -0.2) is 76.0 Å². The molecule has 2 aliphatic heterocycles. The molecule has 0 unspecified atom stereocenters. The first kappa shape index (κ1) is 19.1. The van der Waals surface area contributed by atoms with E-state index in [0.717, 1.165) is 12.8 Å². The monoisotopic (exact) mass is 383 g/mol. The zero-order valence-electron chi connectivity index (χ0n) is 15.1. The largest absolute Gasteiger partial charge is 0.495 e. The molecule has 8 nitrogen and oxygen atoms in total. The molecular formula is C17H25N3O5S. The molecule has 2 heterocycles. The Kier molecular flexibility index (Phi) is 5.81. The molecule has 2 fully saturated rings. The Labute approximate surface area is 154 Å². The van der Waals surface area contributed by atoms with E-state index in [1.807, 2.05) is 12.1 Å². The number of rotatable bonds is 6. The number of hydrogen-bond donors (Lipinski definition) is 0. The van der Waals surface area contributed by atoms with E-state index in [-0.39, 0.29) is 25.0 Å². The Hall–Kier alpha value is -1.68. The summed E-state index contributed by atoms with van der Waals surface area (Å²) in [5, 5.41) is 0. The van der Waals surface area contributed by atoms with Crippen LogP contribution in [0.2, 0.25) is 0 Å². The van der Waals surface area contributed by atoms with Gasteiger partial charge in [-0.15, -0.1) is 0 Å². The van der Waals surface area contributed by atoms with E-state index in [1.54, 1.807) is 31.3 Å². The molecule has 0 bridgehead atoms. The van der Waals surface area contributed by atoms with Crippen molar-refractivity contribution in [2.75, 3.05) is 51.9 Å². The van der Waals surface area contributed by atoms with Crippen molar-refractivity contribution in [1.82, 2.24) is 8.61 Å². The molecule has 1 atom stereocenters. The van der Waals surface area contributed by atoms with Crippen molar-refractivity contribution in [3.63, 3.8) is 0 Å². The highest BCUT2D eigenvalue weighted by Gasteiger charge is 2.41. The van der Waals surface area contributed by atoms with Crippen LogP contribution in [0.3, 0.4) is 0 Å². The van der Waals surface area contributed by atoms with Gasteiger partial charge in [-0.3, -0.25) is 4.79 Å². The van der Waals surface area contributed by atoms with E-state index in [4.69, 9.17) is 9.47 Å². The van der Waals surface area contributed by atoms with Crippen LogP contribution in [0.25, 0.3) is 0 Å². The number of piperazine rings is 1. The first-order valence-electron chi connectivity index (χ1n) is 8.68. The molecule has 3 rings (SSSR count). The molecule has 0 N–H and O–H groups in total. The number of methoxy groups -OCH3 is 2. The Morgan fingerprint density at radius 2 is 1.92 bits per heavy atom. The molecule has 1 aromatic carbocycles. The number of anilines is 1. The van der Waals surface area contributed by atoms with Gasteiger partial charge in [0.05, 0.1) is 25.9 Å². The van der Waals surface area contributed by atoms with Crippen molar-refractivity contribution in [2.24, 2.45) is 0 Å². The summed E-state index contributed by atoms with van der Waals surface area (Å²) in [7, 11) is -0.562. The number of ether oxygens (including phenoxy) is 2. The number of para-hydroxylation sites is 2. The van der Waals surface area contributed by atoms with Crippen molar-refractivity contribution < 1.29 is 22.7 Å². The zero-order chi connectivity index (χ0) is 18.7. The van der Waals surface area contributed by atoms with Crippen LogP contribution in [0.4, 0.5) is 5.69 Å². The molecule has 0 saturated carbocycles. The molecule has 144 valence electrons. The minimum absolute atomic E-state index is 0.160. The minimum Gasteiger partial charge on any atom is -0.495 e. The van der Waals surface area contributed by atoms with Gasteiger partial charge in [0.25, 0.3) is 10.2 Å². The highest BCUT2D eigenvalue weighted by molar-refractivity contribution is 7.86. The predicted molar refractivity (Wildman–Crippen MR) is 97.4 cm³/mol. The van der Waals surface area contributed by atoms with Crippen LogP contribution in [0.1, 0.15) is 12.8 Å². The van der Waals surface area contributed by atoms with Crippen molar-refractivity contribution >= 4 is 21.8 Å². The van der Waals surface area contributed by atoms with Crippen molar-refractivity contribution in [2.45, 2.75) is 18.9 Å². The first-order valence-corrected chi connectivity index (χ1v) is 10.1. The standard InChI is InChI=1S/C17H25N3O5S/c1-24-13-14-6-5-9-20(14)26(22,23)18-10-11-19(17(21)12-18)15-7-3-4-8-16(15)25-2/h3-4,7-8,14H,5-6,9-13H2,1-2H3/t14-/m0/s1. The van der Waals surface area contributed by atoms with Crippen LogP contribution in [0.15, 0.2) is 24.3 Å². The minimum atomic E-state index is -3.68. The van der Waals surface area contributed by atoms with Crippen LogP contribution in [0, 0.1) is 0 Å². The average Bonchev–Trinajstić information content (AvgIpc) is 3.11. The lowest BCUT2D eigenvalue weighted by Gasteiger charge is -2.37. The first-order chi connectivity index (χ1) is 12.5. The van der Waals surface area contributed by atoms with Gasteiger partial charge in [-0.05, 0) is 25.0 Å². The lowest BCUT2D eigenvalue weighted by Crippen LogP contribution is -2.56. The summed E-state index contributed by atoms with van der Waals surface area (Å²) in [6, 6.07) is 7.08. The lowest BCUT2D eigenvalue weighted by atomic mass is 10.2. The molecular weight excluding hydrogens is 358 g/mol. The Morgan fingerprint density at radius 1 is 1.15 bits per heavy atom. The van der Waals surface area contributed by atoms with Crippen LogP contribution in [0.5, 0.6) is 5.75 Å². The summed E-state index contributed by atoms with van der Waals surface area (Å²) >= 11 is 0. The fourth-order valence-corrected chi connectivity index (χ4v) is 5.36. The SMILES string of the molecule is COC[C@@H]1CCCN1S(=O)(=O)N1CCN(c2ccccc2OC)C(=O)C1. The maximum absolute atomic E-state index is 13.0. The lowest BCUT2D eigenvalue weighted by molar-refractivity contribution is -0.120. The molecule has 9 heteroatoms. The quantitative estimate of drug-likeness (QED) is 0.723. The molecule has 0 aliphatic carbocycles. The van der Waals surface area contributed by atoms with Crippen LogP contribution < -0.4 is 9.64 Å². The molecule has 1 aromatic rings. The number of carbonyl (C=O) groups excluding carboxylic acids is 1. The number of carbonyl (C=O) groups is 1. The third kappa shape index (κ3) is 3.57. The predicted octanol–water partition coefficient (Wildman–Crippen LogP) is 0.699. The van der Waals surface area contributed by atoms with Gasteiger partial charge in [0, 0.05) is 32.8 Å². The molecule has 2 aliphatic rings. The second kappa shape index (κ2) is 7.91. The highest BCUT2D eigenvalue weighted by atomic mass is 32.2. The maximum atomic E-state index is 13.0. The highest BCUT2D eigenvalue weighted by Crippen LogP contribution is 2.30. The van der Waals surface area contributed by atoms with Gasteiger partial charge in [0.15, 0.2) is 0 Å². The van der Waals surface area contributed by atoms with Gasteiger partial charge < -0.3 is 14.4 Å². The topological polar surface area (TPSA) is 79.4 Å². The summed E-state index contributed by atoms with van der Waals surface area (Å²) in [4.78, 5) is 14.2. The Morgan fingerprint density at radius 3 is 2.62 bits per heavy atom. The van der Waals surface area contributed by atoms with E-state index < -0.39 is 10.2 Å². The van der Waals surface area contributed by atoms with Crippen molar-refractivity contribution in [3.8, 4) is 5.75 Å². The molecule has 0 radical (unpaired) electrons. The summed E-state index contributed by atoms with van der Waals surface area (Å²) in [5.41, 5.74) is 0.662. The molecule has 0 aromatic heterocycles. The number of benzene rings is 1. The third-order valence-corrected chi connectivity index (χ3v) is 6.90. The smallest absolute Gasteiger partial charge is 0.282 e. The number of nitrogens with zero attached hydrogens (tertiary/aromatic N) is 3. The van der Waals surface area contributed by atoms with E-state index in [1.165, 1.54) is 8.61 Å². The van der Waals surface area contributed by atoms with E-state index in [2.05, 4.69) is 0 Å². The van der Waals surface area contributed by atoms with Crippen LogP contribution in [-0.2, 0) is 19.7 Å². The van der Waals surface area contributed by atoms with Gasteiger partial charge in [-0.2, -0.15) is 17.0 Å². The summed E-state index contributed by atoms with van der Waals surface area (Å²) in [6.07, 6.45) is 1.59. The van der Waals surface area contributed by atoms with Gasteiger partial charge in [0.1, 0.15) is 5.75 Å². The zero-order valence-corrected chi connectivity index (χ0v) is 15.9.